The van der Waals surface area contributed by atoms with Crippen molar-refractivity contribution in [2.24, 2.45) is 0 Å². The summed E-state index contributed by atoms with van der Waals surface area (Å²) in [5.74, 6) is -0.753. The van der Waals surface area contributed by atoms with E-state index >= 15 is 0 Å². The summed E-state index contributed by atoms with van der Waals surface area (Å²) in [4.78, 5) is 0. The Balaban J connectivity index is 2.34. The molecule has 18 heavy (non-hydrogen) atoms. The second-order valence-electron chi connectivity index (χ2n) is 4.42. The van der Waals surface area contributed by atoms with Crippen LogP contribution < -0.4 is 5.32 Å². The van der Waals surface area contributed by atoms with Crippen molar-refractivity contribution in [3.63, 3.8) is 0 Å². The predicted octanol–water partition coefficient (Wildman–Crippen LogP) is 4.25. The summed E-state index contributed by atoms with van der Waals surface area (Å²) < 4.78 is 27.6. The van der Waals surface area contributed by atoms with Gasteiger partial charge in [-0.05, 0) is 41.9 Å². The Bertz CT molecular complexity index is 509. The fourth-order valence-corrected chi connectivity index (χ4v) is 3.12. The van der Waals surface area contributed by atoms with Gasteiger partial charge >= 0.3 is 0 Å². The van der Waals surface area contributed by atoms with E-state index in [9.17, 15) is 8.78 Å². The molecule has 0 radical (unpaired) electrons. The quantitative estimate of drug-likeness (QED) is 0.855. The van der Waals surface area contributed by atoms with Gasteiger partial charge in [0.1, 0.15) is 0 Å². The van der Waals surface area contributed by atoms with Crippen molar-refractivity contribution in [3.05, 3.63) is 35.2 Å². The van der Waals surface area contributed by atoms with Crippen LogP contribution in [0.3, 0.4) is 0 Å². The van der Waals surface area contributed by atoms with Gasteiger partial charge in [-0.1, -0.05) is 19.1 Å². The Morgan fingerprint density at radius 1 is 1.28 bits per heavy atom. The number of benzene rings is 1. The first kappa shape index (κ1) is 13.4. The van der Waals surface area contributed by atoms with Crippen LogP contribution in [-0.2, 0) is 0 Å². The third-order valence-electron chi connectivity index (χ3n) is 3.20. The second-order valence-corrected chi connectivity index (χ2v) is 5.37. The highest BCUT2D eigenvalue weighted by Gasteiger charge is 2.28. The third kappa shape index (κ3) is 2.70. The SMILES string of the molecule is CCNC(C)C(c1ccc2ccsc2c1)C(F)F. The van der Waals surface area contributed by atoms with Gasteiger partial charge in [0, 0.05) is 10.7 Å². The van der Waals surface area contributed by atoms with E-state index in [-0.39, 0.29) is 6.04 Å². The molecule has 4 heteroatoms. The summed E-state index contributed by atoms with van der Waals surface area (Å²) in [5, 5.41) is 6.19. The molecule has 1 aromatic heterocycles. The third-order valence-corrected chi connectivity index (χ3v) is 4.08. The standard InChI is InChI=1S/C14H17F2NS/c1-3-17-9(2)13(14(15)16)11-5-4-10-6-7-18-12(10)8-11/h4-9,13-14,17H,3H2,1-2H3. The maximum Gasteiger partial charge on any atom is 0.246 e. The van der Waals surface area contributed by atoms with E-state index in [1.54, 1.807) is 11.3 Å². The molecule has 0 saturated carbocycles. The van der Waals surface area contributed by atoms with E-state index in [1.165, 1.54) is 0 Å². The molecule has 1 N–H and O–H groups in total. The zero-order chi connectivity index (χ0) is 13.1. The van der Waals surface area contributed by atoms with Crippen molar-refractivity contribution in [2.45, 2.75) is 32.2 Å². The molecule has 2 unspecified atom stereocenters. The molecular weight excluding hydrogens is 252 g/mol. The van der Waals surface area contributed by atoms with E-state index in [4.69, 9.17) is 0 Å². The van der Waals surface area contributed by atoms with Crippen LogP contribution in [0.2, 0.25) is 0 Å². The minimum atomic E-state index is -2.35. The molecule has 1 aromatic carbocycles. The van der Waals surface area contributed by atoms with Crippen LogP contribution in [0.15, 0.2) is 29.6 Å². The molecular formula is C14H17F2NS. The molecule has 0 bridgehead atoms. The first-order valence-electron chi connectivity index (χ1n) is 6.12. The number of hydrogen-bond donors (Lipinski definition) is 1. The summed E-state index contributed by atoms with van der Waals surface area (Å²) in [5.41, 5.74) is 0.716. The normalized spacial score (nSPS) is 15.2. The number of nitrogens with one attached hydrogen (secondary N) is 1. The van der Waals surface area contributed by atoms with Crippen molar-refractivity contribution in [1.82, 2.24) is 5.32 Å². The van der Waals surface area contributed by atoms with Crippen LogP contribution in [0.5, 0.6) is 0 Å². The van der Waals surface area contributed by atoms with Crippen LogP contribution in [-0.4, -0.2) is 19.0 Å². The van der Waals surface area contributed by atoms with Gasteiger partial charge in [-0.15, -0.1) is 11.3 Å². The van der Waals surface area contributed by atoms with Gasteiger partial charge in [0.05, 0.1) is 5.92 Å². The number of alkyl halides is 2. The molecule has 2 rings (SSSR count). The van der Waals surface area contributed by atoms with Gasteiger partial charge in [-0.25, -0.2) is 8.78 Å². The first-order valence-corrected chi connectivity index (χ1v) is 7.00. The molecule has 0 saturated heterocycles. The molecule has 0 spiro atoms. The number of thiophene rings is 1. The lowest BCUT2D eigenvalue weighted by atomic mass is 9.92. The average molecular weight is 269 g/mol. The summed E-state index contributed by atoms with van der Waals surface area (Å²) in [6, 6.07) is 7.42. The average Bonchev–Trinajstić information content (AvgIpc) is 2.76. The van der Waals surface area contributed by atoms with Crippen molar-refractivity contribution in [2.75, 3.05) is 6.54 Å². The van der Waals surface area contributed by atoms with E-state index in [0.29, 0.717) is 12.1 Å². The maximum absolute atomic E-state index is 13.2. The predicted molar refractivity (Wildman–Crippen MR) is 73.7 cm³/mol. The smallest absolute Gasteiger partial charge is 0.246 e. The fraction of sp³-hybridized carbons (Fsp3) is 0.429. The molecule has 0 fully saturated rings. The van der Waals surface area contributed by atoms with Crippen LogP contribution in [0.25, 0.3) is 10.1 Å². The number of likely N-dealkylation sites (N-methyl/N-ethyl adjacent to an activating group) is 1. The van der Waals surface area contributed by atoms with Gasteiger partial charge in [-0.3, -0.25) is 0 Å². The van der Waals surface area contributed by atoms with Crippen molar-refractivity contribution in [1.29, 1.82) is 0 Å². The topological polar surface area (TPSA) is 12.0 Å². The van der Waals surface area contributed by atoms with Crippen LogP contribution in [0.4, 0.5) is 8.78 Å². The molecule has 0 aliphatic heterocycles. The molecule has 0 amide bonds. The van der Waals surface area contributed by atoms with Crippen LogP contribution in [0, 0.1) is 0 Å². The molecule has 2 atom stereocenters. The summed E-state index contributed by atoms with van der Waals surface area (Å²) in [7, 11) is 0. The van der Waals surface area contributed by atoms with E-state index in [1.807, 2.05) is 43.5 Å². The summed E-state index contributed by atoms with van der Waals surface area (Å²) in [6.45, 7) is 4.45. The molecule has 98 valence electrons. The van der Waals surface area contributed by atoms with Gasteiger partial charge in [-0.2, -0.15) is 0 Å². The maximum atomic E-state index is 13.2. The monoisotopic (exact) mass is 269 g/mol. The van der Waals surface area contributed by atoms with Crippen LogP contribution in [0.1, 0.15) is 25.3 Å². The van der Waals surface area contributed by atoms with Gasteiger partial charge in [0.25, 0.3) is 0 Å². The zero-order valence-electron chi connectivity index (χ0n) is 10.5. The summed E-state index contributed by atoms with van der Waals surface area (Å²) >= 11 is 1.59. The number of rotatable bonds is 5. The lowest BCUT2D eigenvalue weighted by Crippen LogP contribution is -2.35. The van der Waals surface area contributed by atoms with E-state index < -0.39 is 12.3 Å². The molecule has 0 aliphatic rings. The highest BCUT2D eigenvalue weighted by molar-refractivity contribution is 7.17. The van der Waals surface area contributed by atoms with Crippen molar-refractivity contribution < 1.29 is 8.78 Å². The lowest BCUT2D eigenvalue weighted by molar-refractivity contribution is 0.0984. The molecule has 1 heterocycles. The first-order chi connectivity index (χ1) is 8.63. The molecule has 2 aromatic rings. The van der Waals surface area contributed by atoms with Crippen molar-refractivity contribution in [3.8, 4) is 0 Å². The lowest BCUT2D eigenvalue weighted by Gasteiger charge is -2.24. The Hall–Kier alpha value is -1.00. The molecule has 0 aliphatic carbocycles. The Morgan fingerprint density at radius 2 is 2.06 bits per heavy atom. The van der Waals surface area contributed by atoms with E-state index in [2.05, 4.69) is 5.32 Å². The molecule has 1 nitrogen and oxygen atoms in total. The van der Waals surface area contributed by atoms with Gasteiger partial charge < -0.3 is 5.32 Å². The fourth-order valence-electron chi connectivity index (χ4n) is 2.28. The number of hydrogen-bond acceptors (Lipinski definition) is 2. The summed E-state index contributed by atoms with van der Waals surface area (Å²) in [6.07, 6.45) is -2.35. The largest absolute Gasteiger partial charge is 0.314 e. The highest BCUT2D eigenvalue weighted by atomic mass is 32.1. The minimum Gasteiger partial charge on any atom is -0.314 e. The van der Waals surface area contributed by atoms with Crippen LogP contribution >= 0.6 is 11.3 Å². The Morgan fingerprint density at radius 3 is 2.72 bits per heavy atom. The number of halogens is 2. The van der Waals surface area contributed by atoms with Gasteiger partial charge in [0.15, 0.2) is 0 Å². The highest BCUT2D eigenvalue weighted by Crippen LogP contribution is 2.31. The van der Waals surface area contributed by atoms with Gasteiger partial charge in [0.2, 0.25) is 6.43 Å². The minimum absolute atomic E-state index is 0.229. The second kappa shape index (κ2) is 5.76. The zero-order valence-corrected chi connectivity index (χ0v) is 11.3. The Kier molecular flexibility index (Phi) is 4.30. The number of fused-ring (bicyclic) bond motifs is 1. The Labute approximate surface area is 110 Å². The van der Waals surface area contributed by atoms with E-state index in [0.717, 1.165) is 10.1 Å². The van der Waals surface area contributed by atoms with Crippen molar-refractivity contribution >= 4 is 21.4 Å².